The molecule has 0 spiro atoms. The monoisotopic (exact) mass is 475 g/mol. The van der Waals surface area contributed by atoms with Crippen LogP contribution in [-0.2, 0) is 4.79 Å². The van der Waals surface area contributed by atoms with Crippen molar-refractivity contribution in [1.82, 2.24) is 14.9 Å². The predicted molar refractivity (Wildman–Crippen MR) is 136 cm³/mol. The third-order valence-electron chi connectivity index (χ3n) is 5.72. The molecule has 1 aliphatic rings. The highest BCUT2D eigenvalue weighted by atomic mass is 16.5. The summed E-state index contributed by atoms with van der Waals surface area (Å²) in [6.45, 7) is 6.95. The van der Waals surface area contributed by atoms with Crippen molar-refractivity contribution < 1.29 is 14.3 Å². The number of para-hydroxylation sites is 2. The second-order valence-corrected chi connectivity index (χ2v) is 8.05. The normalized spacial score (nSPS) is 13.3. The van der Waals surface area contributed by atoms with Crippen molar-refractivity contribution in [3.63, 3.8) is 0 Å². The van der Waals surface area contributed by atoms with Crippen LogP contribution in [0.3, 0.4) is 0 Å². The molecule has 1 saturated heterocycles. The number of anilines is 5. The van der Waals surface area contributed by atoms with Crippen LogP contribution in [0.5, 0.6) is 5.75 Å². The zero-order valence-corrected chi connectivity index (χ0v) is 19.8. The third kappa shape index (κ3) is 5.78. The Morgan fingerprint density at radius 2 is 1.71 bits per heavy atom. The number of aromatic nitrogens is 2. The van der Waals surface area contributed by atoms with Crippen LogP contribution >= 0.6 is 0 Å². The second-order valence-electron chi connectivity index (χ2n) is 8.05. The molecule has 10 heteroatoms. The van der Waals surface area contributed by atoms with Gasteiger partial charge in [0, 0.05) is 45.4 Å². The van der Waals surface area contributed by atoms with Gasteiger partial charge in [-0.15, -0.1) is 0 Å². The Morgan fingerprint density at radius 3 is 2.37 bits per heavy atom. The Morgan fingerprint density at radius 1 is 0.971 bits per heavy atom. The van der Waals surface area contributed by atoms with Gasteiger partial charge in [0.05, 0.1) is 35.4 Å². The summed E-state index contributed by atoms with van der Waals surface area (Å²) in [5.41, 5.74) is 8.03. The van der Waals surface area contributed by atoms with Gasteiger partial charge in [0.2, 0.25) is 5.91 Å². The number of nitrogens with two attached hydrogens (primary N) is 1. The maximum Gasteiger partial charge on any atom is 0.252 e. The number of pyridine rings is 2. The largest absolute Gasteiger partial charge is 0.492 e. The first-order valence-electron chi connectivity index (χ1n) is 11.5. The number of ether oxygens (including phenoxy) is 1. The lowest BCUT2D eigenvalue weighted by molar-refractivity contribution is -0.129. The van der Waals surface area contributed by atoms with Crippen LogP contribution in [0.15, 0.2) is 54.9 Å². The molecule has 1 aliphatic heterocycles. The lowest BCUT2D eigenvalue weighted by atomic mass is 10.2. The van der Waals surface area contributed by atoms with E-state index < -0.39 is 5.91 Å². The first-order chi connectivity index (χ1) is 16.9. The molecule has 1 fully saturated rings. The fourth-order valence-corrected chi connectivity index (χ4v) is 3.88. The molecule has 2 amide bonds. The molecule has 0 aliphatic carbocycles. The van der Waals surface area contributed by atoms with Crippen molar-refractivity contribution in [3.8, 4) is 5.75 Å². The van der Waals surface area contributed by atoms with Gasteiger partial charge in [0.25, 0.3) is 5.91 Å². The van der Waals surface area contributed by atoms with Crippen molar-refractivity contribution in [2.24, 2.45) is 5.73 Å². The highest BCUT2D eigenvalue weighted by molar-refractivity contribution is 5.99. The predicted octanol–water partition coefficient (Wildman–Crippen LogP) is 3.13. The van der Waals surface area contributed by atoms with E-state index in [2.05, 4.69) is 25.5 Å². The summed E-state index contributed by atoms with van der Waals surface area (Å²) >= 11 is 0. The van der Waals surface area contributed by atoms with E-state index in [0.717, 1.165) is 18.8 Å². The van der Waals surface area contributed by atoms with Crippen LogP contribution in [-0.4, -0.2) is 59.5 Å². The number of carbonyl (C=O) groups excluding carboxylic acids is 2. The van der Waals surface area contributed by atoms with Crippen molar-refractivity contribution >= 4 is 40.5 Å². The second kappa shape index (κ2) is 10.7. The van der Waals surface area contributed by atoms with Crippen molar-refractivity contribution in [3.05, 3.63) is 60.4 Å². The van der Waals surface area contributed by atoms with E-state index in [1.54, 1.807) is 19.2 Å². The molecule has 3 heterocycles. The zero-order chi connectivity index (χ0) is 24.8. The molecule has 0 radical (unpaired) electrons. The smallest absolute Gasteiger partial charge is 0.252 e. The summed E-state index contributed by atoms with van der Waals surface area (Å²) in [4.78, 5) is 36.4. The summed E-state index contributed by atoms with van der Waals surface area (Å²) < 4.78 is 5.67. The zero-order valence-electron chi connectivity index (χ0n) is 19.8. The highest BCUT2D eigenvalue weighted by Crippen LogP contribution is 2.30. The lowest BCUT2D eigenvalue weighted by Crippen LogP contribution is -2.48. The molecule has 1 aromatic carbocycles. The molecule has 0 saturated carbocycles. The number of carbonyl (C=O) groups is 2. The lowest BCUT2D eigenvalue weighted by Gasteiger charge is -2.35. The minimum atomic E-state index is -0.590. The van der Waals surface area contributed by atoms with E-state index in [-0.39, 0.29) is 11.5 Å². The van der Waals surface area contributed by atoms with Gasteiger partial charge in [-0.1, -0.05) is 12.1 Å². The van der Waals surface area contributed by atoms with Gasteiger partial charge in [0.1, 0.15) is 17.4 Å². The Hall–Kier alpha value is -4.34. The molecule has 0 atom stereocenters. The summed E-state index contributed by atoms with van der Waals surface area (Å²) in [6.07, 6.45) is 3.22. The average molecular weight is 476 g/mol. The molecule has 3 aromatic rings. The minimum absolute atomic E-state index is 0.104. The topological polar surface area (TPSA) is 126 Å². The van der Waals surface area contributed by atoms with Gasteiger partial charge in [-0.2, -0.15) is 0 Å². The molecule has 4 N–H and O–H groups in total. The van der Waals surface area contributed by atoms with Gasteiger partial charge in [0.15, 0.2) is 0 Å². The van der Waals surface area contributed by atoms with Gasteiger partial charge < -0.3 is 30.9 Å². The van der Waals surface area contributed by atoms with Crippen LogP contribution in [0.1, 0.15) is 24.2 Å². The summed E-state index contributed by atoms with van der Waals surface area (Å²) in [6, 6.07) is 13.0. The number of primary amides is 1. The quantitative estimate of drug-likeness (QED) is 0.454. The van der Waals surface area contributed by atoms with Crippen LogP contribution in [0, 0.1) is 0 Å². The SMILES string of the molecule is CCOc1ccccc1Nc1cc(Nc2ccc(N3CCN(C(C)=O)CC3)cn2)ncc1C(N)=O. The number of nitrogens with one attached hydrogen (secondary N) is 2. The molecule has 0 bridgehead atoms. The highest BCUT2D eigenvalue weighted by Gasteiger charge is 2.19. The van der Waals surface area contributed by atoms with E-state index in [0.29, 0.717) is 48.5 Å². The average Bonchev–Trinajstić information content (AvgIpc) is 2.86. The van der Waals surface area contributed by atoms with E-state index in [1.165, 1.54) is 6.20 Å². The molecular weight excluding hydrogens is 446 g/mol. The summed E-state index contributed by atoms with van der Waals surface area (Å²) in [5, 5.41) is 6.41. The Kier molecular flexibility index (Phi) is 7.30. The van der Waals surface area contributed by atoms with Gasteiger partial charge in [-0.3, -0.25) is 9.59 Å². The fraction of sp³-hybridized carbons (Fsp3) is 0.280. The molecule has 182 valence electrons. The maximum absolute atomic E-state index is 12.0. The van der Waals surface area contributed by atoms with Crippen LogP contribution in [0.2, 0.25) is 0 Å². The molecule has 0 unspecified atom stereocenters. The first kappa shape index (κ1) is 23.8. The Balaban J connectivity index is 1.49. The van der Waals surface area contributed by atoms with Crippen LogP contribution < -0.4 is 26.0 Å². The number of amides is 2. The van der Waals surface area contributed by atoms with Crippen LogP contribution in [0.4, 0.5) is 28.7 Å². The molecule has 4 rings (SSSR count). The Labute approximate surface area is 204 Å². The van der Waals surface area contributed by atoms with Gasteiger partial charge in [-0.05, 0) is 31.2 Å². The summed E-state index contributed by atoms with van der Waals surface area (Å²) in [5.74, 6) is 1.29. The molecule has 35 heavy (non-hydrogen) atoms. The van der Waals surface area contributed by atoms with Gasteiger partial charge in [-0.25, -0.2) is 9.97 Å². The Bertz CT molecular complexity index is 1190. The number of nitrogens with zero attached hydrogens (tertiary/aromatic N) is 4. The van der Waals surface area contributed by atoms with E-state index in [1.807, 2.05) is 48.2 Å². The molecule has 2 aromatic heterocycles. The number of benzene rings is 1. The number of rotatable bonds is 8. The number of hydrogen-bond acceptors (Lipinski definition) is 8. The number of hydrogen-bond donors (Lipinski definition) is 3. The molecule has 10 nitrogen and oxygen atoms in total. The standard InChI is InChI=1S/C25H29N7O3/c1-3-35-22-7-5-4-6-20(22)29-21-14-24(28-16-19(21)25(26)34)30-23-9-8-18(15-27-23)32-12-10-31(11-13-32)17(2)33/h4-9,14-16H,3,10-13H2,1-2H3,(H2,26,34)(H2,27,28,29,30). The van der Waals surface area contributed by atoms with Gasteiger partial charge >= 0.3 is 0 Å². The minimum Gasteiger partial charge on any atom is -0.492 e. The van der Waals surface area contributed by atoms with Crippen molar-refractivity contribution in [2.75, 3.05) is 48.3 Å². The van der Waals surface area contributed by atoms with E-state index in [9.17, 15) is 9.59 Å². The molecular formula is C25H29N7O3. The van der Waals surface area contributed by atoms with Crippen LogP contribution in [0.25, 0.3) is 0 Å². The van der Waals surface area contributed by atoms with Crippen molar-refractivity contribution in [2.45, 2.75) is 13.8 Å². The maximum atomic E-state index is 12.0. The summed E-state index contributed by atoms with van der Waals surface area (Å²) in [7, 11) is 0. The van der Waals surface area contributed by atoms with E-state index >= 15 is 0 Å². The van der Waals surface area contributed by atoms with Crippen molar-refractivity contribution in [1.29, 1.82) is 0 Å². The fourth-order valence-electron chi connectivity index (χ4n) is 3.88. The van der Waals surface area contributed by atoms with E-state index in [4.69, 9.17) is 10.5 Å². The number of piperazine rings is 1. The third-order valence-corrected chi connectivity index (χ3v) is 5.72. The first-order valence-corrected chi connectivity index (χ1v) is 11.5.